The predicted octanol–water partition coefficient (Wildman–Crippen LogP) is -2.77. The van der Waals surface area contributed by atoms with Gasteiger partial charge in [0.2, 0.25) is 0 Å². The predicted molar refractivity (Wildman–Crippen MR) is 78.1 cm³/mol. The first-order valence-electron chi connectivity index (χ1n) is 7.05. The molecule has 0 aromatic heterocycles. The van der Waals surface area contributed by atoms with Gasteiger partial charge in [-0.1, -0.05) is 0 Å². The van der Waals surface area contributed by atoms with E-state index in [1.165, 1.54) is 4.90 Å². The summed E-state index contributed by atoms with van der Waals surface area (Å²) in [6.45, 7) is 2.47. The molecule has 6 N–H and O–H groups in total. The monoisotopic (exact) mass is 328 g/mol. The molecule has 0 aliphatic carbocycles. The summed E-state index contributed by atoms with van der Waals surface area (Å²) in [6.07, 6.45) is -5.38. The molecule has 0 aromatic rings. The minimum Gasteiger partial charge on any atom is -0.394 e. The zero-order chi connectivity index (χ0) is 17.3. The van der Waals surface area contributed by atoms with Crippen molar-refractivity contribution in [3.8, 4) is 0 Å². The molecule has 1 saturated heterocycles. The molecular formula is C13H20N4O6. The number of rotatable bonds is 5. The molecule has 3 amide bonds. The largest absolute Gasteiger partial charge is 0.394 e. The molecule has 23 heavy (non-hydrogen) atoms. The van der Waals surface area contributed by atoms with E-state index >= 15 is 0 Å². The number of aliphatic hydroxyl groups is 4. The minimum absolute atomic E-state index is 0.0668. The van der Waals surface area contributed by atoms with Gasteiger partial charge < -0.3 is 30.6 Å². The van der Waals surface area contributed by atoms with Gasteiger partial charge in [0.25, 0.3) is 5.91 Å². The number of imide groups is 1. The maximum Gasteiger partial charge on any atom is 0.323 e. The highest BCUT2D eigenvalue weighted by Gasteiger charge is 2.40. The second-order valence-corrected chi connectivity index (χ2v) is 5.46. The van der Waals surface area contributed by atoms with Crippen molar-refractivity contribution in [3.63, 3.8) is 0 Å². The molecule has 1 fully saturated rings. The van der Waals surface area contributed by atoms with Crippen LogP contribution in [0, 0.1) is 0 Å². The topological polar surface area (TPSA) is 155 Å². The van der Waals surface area contributed by atoms with Crippen LogP contribution in [-0.4, -0.2) is 80.6 Å². The Morgan fingerprint density at radius 3 is 2.48 bits per heavy atom. The molecule has 0 saturated carbocycles. The van der Waals surface area contributed by atoms with Crippen molar-refractivity contribution in [2.24, 2.45) is 4.99 Å². The number of carbonyl (C=O) groups excluding carboxylic acids is 2. The van der Waals surface area contributed by atoms with Crippen LogP contribution < -0.4 is 10.6 Å². The standard InChI is InChI=1S/C13H20N4O6/c1-5-6(2)17(3-7(19)10(21)8(20)4-18)11-9(14-5)12(22)16-13(23)15-11/h7-8,10-11,18-21H,3-4H2,1-2H3,(H2,15,16,22,23)/t7-,8+,10-,11?/m0/s1. The third-order valence-electron chi connectivity index (χ3n) is 3.90. The molecule has 0 aromatic carbocycles. The van der Waals surface area contributed by atoms with Gasteiger partial charge in [-0.05, 0) is 13.8 Å². The molecule has 1 unspecified atom stereocenters. The Bertz CT molecular complexity index is 575. The number of nitrogens with zero attached hydrogens (tertiary/aromatic N) is 2. The van der Waals surface area contributed by atoms with Crippen LogP contribution in [0.4, 0.5) is 4.79 Å². The van der Waals surface area contributed by atoms with Crippen LogP contribution >= 0.6 is 0 Å². The second-order valence-electron chi connectivity index (χ2n) is 5.46. The smallest absolute Gasteiger partial charge is 0.323 e. The fraction of sp³-hybridized carbons (Fsp3) is 0.615. The first-order valence-corrected chi connectivity index (χ1v) is 7.05. The van der Waals surface area contributed by atoms with Crippen molar-refractivity contribution >= 4 is 17.6 Å². The number of β-amino-alcohol motifs (C(OH)–C–C–N with tert-alkyl or cyclic N) is 1. The van der Waals surface area contributed by atoms with E-state index in [-0.39, 0.29) is 12.3 Å². The van der Waals surface area contributed by atoms with Gasteiger partial charge >= 0.3 is 6.03 Å². The van der Waals surface area contributed by atoms with E-state index in [1.807, 2.05) is 0 Å². The van der Waals surface area contributed by atoms with Crippen LogP contribution in [0.3, 0.4) is 0 Å². The summed E-state index contributed by atoms with van der Waals surface area (Å²) < 4.78 is 0. The Morgan fingerprint density at radius 1 is 1.22 bits per heavy atom. The highest BCUT2D eigenvalue weighted by atomic mass is 16.4. The summed E-state index contributed by atoms with van der Waals surface area (Å²) in [5.41, 5.74) is 1.18. The van der Waals surface area contributed by atoms with Gasteiger partial charge in [-0.3, -0.25) is 10.1 Å². The molecule has 2 heterocycles. The molecule has 2 aliphatic heterocycles. The first-order chi connectivity index (χ1) is 10.8. The molecule has 128 valence electrons. The van der Waals surface area contributed by atoms with Crippen molar-refractivity contribution in [1.82, 2.24) is 15.5 Å². The maximum absolute atomic E-state index is 11.9. The Morgan fingerprint density at radius 2 is 1.87 bits per heavy atom. The summed E-state index contributed by atoms with van der Waals surface area (Å²) in [5, 5.41) is 42.7. The van der Waals surface area contributed by atoms with E-state index in [0.717, 1.165) is 0 Å². The molecule has 4 atom stereocenters. The molecular weight excluding hydrogens is 308 g/mol. The van der Waals surface area contributed by atoms with Gasteiger partial charge in [-0.25, -0.2) is 9.79 Å². The third-order valence-corrected chi connectivity index (χ3v) is 3.90. The highest BCUT2D eigenvalue weighted by molar-refractivity contribution is 6.45. The molecule has 2 rings (SSSR count). The number of aliphatic hydroxyl groups excluding tert-OH is 4. The average molecular weight is 328 g/mol. The van der Waals surface area contributed by atoms with Crippen molar-refractivity contribution in [2.75, 3.05) is 13.2 Å². The van der Waals surface area contributed by atoms with Crippen LogP contribution in [0.5, 0.6) is 0 Å². The van der Waals surface area contributed by atoms with Crippen LogP contribution in [-0.2, 0) is 4.79 Å². The van der Waals surface area contributed by atoms with Crippen molar-refractivity contribution in [3.05, 3.63) is 11.4 Å². The van der Waals surface area contributed by atoms with E-state index in [1.54, 1.807) is 13.8 Å². The lowest BCUT2D eigenvalue weighted by Gasteiger charge is -2.41. The number of hydrogen-bond acceptors (Lipinski definition) is 8. The van der Waals surface area contributed by atoms with Gasteiger partial charge in [0.15, 0.2) is 6.17 Å². The quantitative estimate of drug-likeness (QED) is 0.319. The molecule has 10 heteroatoms. The number of urea groups is 1. The number of carbonyl (C=O) groups is 2. The van der Waals surface area contributed by atoms with E-state index < -0.39 is 43.0 Å². The number of hydrogen-bond donors (Lipinski definition) is 6. The molecule has 0 bridgehead atoms. The van der Waals surface area contributed by atoms with E-state index in [2.05, 4.69) is 15.6 Å². The van der Waals surface area contributed by atoms with Crippen LogP contribution in [0.1, 0.15) is 13.8 Å². The van der Waals surface area contributed by atoms with Gasteiger partial charge in [0, 0.05) is 12.2 Å². The summed E-state index contributed by atoms with van der Waals surface area (Å²) >= 11 is 0. The normalized spacial score (nSPS) is 25.2. The summed E-state index contributed by atoms with van der Waals surface area (Å²) in [7, 11) is 0. The van der Waals surface area contributed by atoms with Crippen molar-refractivity contribution in [1.29, 1.82) is 0 Å². The number of nitrogens with one attached hydrogen (secondary N) is 2. The Balaban J connectivity index is 2.24. The molecule has 0 radical (unpaired) electrons. The van der Waals surface area contributed by atoms with Gasteiger partial charge in [-0.2, -0.15) is 0 Å². The molecule has 2 aliphatic rings. The van der Waals surface area contributed by atoms with E-state index in [4.69, 9.17) is 5.11 Å². The summed E-state index contributed by atoms with van der Waals surface area (Å²) in [6, 6.07) is -0.693. The van der Waals surface area contributed by atoms with E-state index in [0.29, 0.717) is 11.4 Å². The zero-order valence-electron chi connectivity index (χ0n) is 12.7. The van der Waals surface area contributed by atoms with Crippen LogP contribution in [0.25, 0.3) is 0 Å². The number of amides is 3. The Labute approximate surface area is 132 Å². The Hall–Kier alpha value is -2.01. The number of allylic oxidation sites excluding steroid dienone is 2. The molecule has 10 nitrogen and oxygen atoms in total. The molecule has 0 spiro atoms. The van der Waals surface area contributed by atoms with Crippen LogP contribution in [0.15, 0.2) is 16.4 Å². The number of fused-ring (bicyclic) bond motifs is 1. The fourth-order valence-corrected chi connectivity index (χ4v) is 2.44. The summed E-state index contributed by atoms with van der Waals surface area (Å²) in [5.74, 6) is -0.638. The fourth-order valence-electron chi connectivity index (χ4n) is 2.44. The average Bonchev–Trinajstić information content (AvgIpc) is 2.51. The highest BCUT2D eigenvalue weighted by Crippen LogP contribution is 2.23. The third kappa shape index (κ3) is 3.34. The van der Waals surface area contributed by atoms with Crippen molar-refractivity contribution in [2.45, 2.75) is 38.3 Å². The van der Waals surface area contributed by atoms with E-state index in [9.17, 15) is 24.9 Å². The Kier molecular flexibility index (Phi) is 5.00. The SMILES string of the molecule is CC1=C(C)N(C[C@H](O)[C@H](O)[C@H](O)CO)C2NC(=O)NC(=O)C2=N1. The first kappa shape index (κ1) is 17.3. The second kappa shape index (κ2) is 6.62. The summed E-state index contributed by atoms with van der Waals surface area (Å²) in [4.78, 5) is 29.0. The van der Waals surface area contributed by atoms with Crippen LogP contribution in [0.2, 0.25) is 0 Å². The lowest BCUT2D eigenvalue weighted by Crippen LogP contribution is -2.66. The number of aliphatic imine (C=N–C) groups is 1. The maximum atomic E-state index is 11.9. The minimum atomic E-state index is -1.58. The van der Waals surface area contributed by atoms with Crippen molar-refractivity contribution < 1.29 is 30.0 Å². The van der Waals surface area contributed by atoms with Gasteiger partial charge in [0.1, 0.15) is 24.0 Å². The lowest BCUT2D eigenvalue weighted by atomic mass is 10.0. The lowest BCUT2D eigenvalue weighted by molar-refractivity contribution is -0.115. The van der Waals surface area contributed by atoms with Gasteiger partial charge in [-0.15, -0.1) is 0 Å². The zero-order valence-corrected chi connectivity index (χ0v) is 12.7. The van der Waals surface area contributed by atoms with Gasteiger partial charge in [0.05, 0.1) is 12.3 Å².